The first kappa shape index (κ1) is 17.0. The second kappa shape index (κ2) is 6.79. The number of carbonyl (C=O) groups is 1. The maximum Gasteiger partial charge on any atom is 0.240 e. The Morgan fingerprint density at radius 3 is 2.73 bits per heavy atom. The van der Waals surface area contributed by atoms with Gasteiger partial charge in [-0.05, 0) is 49.9 Å². The molecule has 122 valence electrons. The highest BCUT2D eigenvalue weighted by molar-refractivity contribution is 7.89. The zero-order chi connectivity index (χ0) is 16.3. The molecular weight excluding hydrogens is 300 g/mol. The maximum atomic E-state index is 12.4. The summed E-state index contributed by atoms with van der Waals surface area (Å²) in [6, 6.07) is 4.93. The number of fused-ring (bicyclic) bond motifs is 1. The first-order valence-electron chi connectivity index (χ1n) is 7.77. The number of nitrogens with zero attached hydrogens (tertiary/aromatic N) is 1. The molecule has 0 saturated heterocycles. The molecule has 1 aliphatic heterocycles. The first-order chi connectivity index (χ1) is 10.3. The van der Waals surface area contributed by atoms with E-state index in [0.717, 1.165) is 36.9 Å². The first-order valence-corrected chi connectivity index (χ1v) is 9.25. The summed E-state index contributed by atoms with van der Waals surface area (Å²) < 4.78 is 27.6. The minimum Gasteiger partial charge on any atom is -0.315 e. The van der Waals surface area contributed by atoms with Gasteiger partial charge in [-0.15, -0.1) is 0 Å². The third-order valence-corrected chi connectivity index (χ3v) is 5.60. The Labute approximate surface area is 132 Å². The monoisotopic (exact) mass is 324 g/mol. The number of sulfonamides is 1. The molecule has 22 heavy (non-hydrogen) atoms. The van der Waals surface area contributed by atoms with Gasteiger partial charge in [0.1, 0.15) is 0 Å². The zero-order valence-corrected chi connectivity index (χ0v) is 14.2. The fraction of sp³-hybridized carbons (Fsp3) is 0.562. The van der Waals surface area contributed by atoms with Gasteiger partial charge in [0, 0.05) is 25.2 Å². The van der Waals surface area contributed by atoms with Crippen LogP contribution in [-0.4, -0.2) is 27.4 Å². The van der Waals surface area contributed by atoms with Crippen molar-refractivity contribution in [3.63, 3.8) is 0 Å². The molecule has 1 aliphatic rings. The third kappa shape index (κ3) is 3.67. The van der Waals surface area contributed by atoms with E-state index in [2.05, 4.69) is 4.72 Å². The number of amides is 1. The van der Waals surface area contributed by atoms with Crippen molar-refractivity contribution in [1.29, 1.82) is 0 Å². The van der Waals surface area contributed by atoms with E-state index in [9.17, 15) is 13.2 Å². The second-order valence-corrected chi connectivity index (χ2v) is 7.62. The second-order valence-electron chi connectivity index (χ2n) is 5.91. The molecule has 0 unspecified atom stereocenters. The standard InChI is InChI=1S/C16H24N2O3S/c1-4-6-12(2)17-22(20,21)14-9-10-15-13(11-14)7-5-8-16(19)18(15)3/h9-12,17H,4-8H2,1-3H3/t12-/m1/s1. The summed E-state index contributed by atoms with van der Waals surface area (Å²) in [5, 5.41) is 0. The van der Waals surface area contributed by atoms with Crippen LogP contribution in [0.2, 0.25) is 0 Å². The topological polar surface area (TPSA) is 66.5 Å². The van der Waals surface area contributed by atoms with Gasteiger partial charge in [-0.25, -0.2) is 13.1 Å². The van der Waals surface area contributed by atoms with E-state index in [4.69, 9.17) is 0 Å². The fourth-order valence-corrected chi connectivity index (χ4v) is 4.14. The lowest BCUT2D eigenvalue weighted by Crippen LogP contribution is -2.32. The predicted molar refractivity (Wildman–Crippen MR) is 87.5 cm³/mol. The summed E-state index contributed by atoms with van der Waals surface area (Å²) in [6.07, 6.45) is 3.71. The van der Waals surface area contributed by atoms with Gasteiger partial charge in [-0.2, -0.15) is 0 Å². The molecule has 1 atom stereocenters. The van der Waals surface area contributed by atoms with E-state index < -0.39 is 10.0 Å². The Bertz CT molecular complexity index is 655. The lowest BCUT2D eigenvalue weighted by Gasteiger charge is -2.19. The van der Waals surface area contributed by atoms with Gasteiger partial charge in [0.2, 0.25) is 15.9 Å². The summed E-state index contributed by atoms with van der Waals surface area (Å²) in [7, 11) is -1.77. The van der Waals surface area contributed by atoms with Crippen molar-refractivity contribution < 1.29 is 13.2 Å². The fourth-order valence-electron chi connectivity index (χ4n) is 2.81. The van der Waals surface area contributed by atoms with Crippen LogP contribution in [-0.2, 0) is 21.2 Å². The molecule has 0 saturated carbocycles. The van der Waals surface area contributed by atoms with Gasteiger partial charge in [0.15, 0.2) is 0 Å². The van der Waals surface area contributed by atoms with Crippen LogP contribution in [0.4, 0.5) is 5.69 Å². The van der Waals surface area contributed by atoms with Gasteiger partial charge in [-0.3, -0.25) is 4.79 Å². The van der Waals surface area contributed by atoms with Crippen molar-refractivity contribution in [3.05, 3.63) is 23.8 Å². The van der Waals surface area contributed by atoms with Crippen molar-refractivity contribution >= 4 is 21.6 Å². The average Bonchev–Trinajstić information content (AvgIpc) is 2.58. The van der Waals surface area contributed by atoms with Crippen LogP contribution in [0.3, 0.4) is 0 Å². The van der Waals surface area contributed by atoms with E-state index in [1.165, 1.54) is 0 Å². The Morgan fingerprint density at radius 1 is 1.32 bits per heavy atom. The van der Waals surface area contributed by atoms with Crippen LogP contribution in [0.5, 0.6) is 0 Å². The molecule has 5 nitrogen and oxygen atoms in total. The zero-order valence-electron chi connectivity index (χ0n) is 13.4. The van der Waals surface area contributed by atoms with Crippen molar-refractivity contribution in [2.45, 2.75) is 56.9 Å². The molecule has 0 bridgehead atoms. The molecule has 1 aromatic carbocycles. The van der Waals surface area contributed by atoms with Crippen molar-refractivity contribution in [2.75, 3.05) is 11.9 Å². The molecule has 0 spiro atoms. The van der Waals surface area contributed by atoms with Crippen LogP contribution in [0.1, 0.15) is 45.1 Å². The van der Waals surface area contributed by atoms with Crippen LogP contribution in [0.15, 0.2) is 23.1 Å². The lowest BCUT2D eigenvalue weighted by atomic mass is 10.1. The molecule has 0 radical (unpaired) electrons. The van der Waals surface area contributed by atoms with E-state index in [-0.39, 0.29) is 16.8 Å². The summed E-state index contributed by atoms with van der Waals surface area (Å²) in [5.74, 6) is 0.0732. The molecule has 1 amide bonds. The number of benzene rings is 1. The van der Waals surface area contributed by atoms with E-state index in [1.807, 2.05) is 13.8 Å². The van der Waals surface area contributed by atoms with Gasteiger partial charge >= 0.3 is 0 Å². The van der Waals surface area contributed by atoms with E-state index in [0.29, 0.717) is 6.42 Å². The maximum absolute atomic E-state index is 12.4. The molecule has 2 rings (SSSR count). The smallest absolute Gasteiger partial charge is 0.240 e. The minimum atomic E-state index is -3.51. The predicted octanol–water partition coefficient (Wildman–Crippen LogP) is 2.45. The molecule has 1 N–H and O–H groups in total. The summed E-state index contributed by atoms with van der Waals surface area (Å²) >= 11 is 0. The number of hydrogen-bond donors (Lipinski definition) is 1. The Morgan fingerprint density at radius 2 is 2.05 bits per heavy atom. The molecular formula is C16H24N2O3S. The number of anilines is 1. The van der Waals surface area contributed by atoms with E-state index >= 15 is 0 Å². The highest BCUT2D eigenvalue weighted by atomic mass is 32.2. The van der Waals surface area contributed by atoms with E-state index in [1.54, 1.807) is 30.1 Å². The molecule has 6 heteroatoms. The molecule has 0 fully saturated rings. The normalized spacial score (nSPS) is 17.0. The Kier molecular flexibility index (Phi) is 5.24. The van der Waals surface area contributed by atoms with Crippen LogP contribution in [0.25, 0.3) is 0 Å². The summed E-state index contributed by atoms with van der Waals surface area (Å²) in [4.78, 5) is 13.8. The quantitative estimate of drug-likeness (QED) is 0.904. The van der Waals surface area contributed by atoms with Gasteiger partial charge in [0.25, 0.3) is 0 Å². The molecule has 1 heterocycles. The number of hydrogen-bond acceptors (Lipinski definition) is 3. The largest absolute Gasteiger partial charge is 0.315 e. The van der Waals surface area contributed by atoms with Gasteiger partial charge in [0.05, 0.1) is 4.90 Å². The van der Waals surface area contributed by atoms with Gasteiger partial charge in [-0.1, -0.05) is 13.3 Å². The van der Waals surface area contributed by atoms with Gasteiger partial charge < -0.3 is 4.90 Å². The van der Waals surface area contributed by atoms with Crippen LogP contribution in [0, 0.1) is 0 Å². The SMILES string of the molecule is CCC[C@@H](C)NS(=O)(=O)c1ccc2c(c1)CCCC(=O)N2C. The highest BCUT2D eigenvalue weighted by Crippen LogP contribution is 2.28. The highest BCUT2D eigenvalue weighted by Gasteiger charge is 2.22. The van der Waals surface area contributed by atoms with Crippen LogP contribution < -0.4 is 9.62 Å². The molecule has 0 aliphatic carbocycles. The van der Waals surface area contributed by atoms with Crippen molar-refractivity contribution in [3.8, 4) is 0 Å². The van der Waals surface area contributed by atoms with Crippen LogP contribution >= 0.6 is 0 Å². The average molecular weight is 324 g/mol. The summed E-state index contributed by atoms with van der Waals surface area (Å²) in [5.41, 5.74) is 1.72. The number of nitrogens with one attached hydrogen (secondary N) is 1. The third-order valence-electron chi connectivity index (χ3n) is 4.01. The van der Waals surface area contributed by atoms with Crippen molar-refractivity contribution in [1.82, 2.24) is 4.72 Å². The molecule has 1 aromatic rings. The van der Waals surface area contributed by atoms with Crippen molar-refractivity contribution in [2.24, 2.45) is 0 Å². The minimum absolute atomic E-state index is 0.0732. The number of carbonyl (C=O) groups excluding carboxylic acids is 1. The number of rotatable bonds is 5. The summed E-state index contributed by atoms with van der Waals surface area (Å²) in [6.45, 7) is 3.90. The Balaban J connectivity index is 2.31. The lowest BCUT2D eigenvalue weighted by molar-refractivity contribution is -0.118. The Hall–Kier alpha value is -1.40. The molecule has 0 aromatic heterocycles. The number of aryl methyl sites for hydroxylation is 1.